The van der Waals surface area contributed by atoms with Crippen molar-refractivity contribution in [2.45, 2.75) is 11.8 Å². The van der Waals surface area contributed by atoms with Gasteiger partial charge < -0.3 is 4.74 Å². The second kappa shape index (κ2) is 4.53. The van der Waals surface area contributed by atoms with Crippen molar-refractivity contribution >= 4 is 30.2 Å². The van der Waals surface area contributed by atoms with Crippen LogP contribution in [0.15, 0.2) is 23.1 Å². The Morgan fingerprint density at radius 3 is 2.92 bits per heavy atom. The van der Waals surface area contributed by atoms with E-state index in [0.717, 1.165) is 0 Å². The molecular formula is C9H9ClO2S. The van der Waals surface area contributed by atoms with Crippen LogP contribution in [0.1, 0.15) is 17.3 Å². The lowest BCUT2D eigenvalue weighted by Gasteiger charge is -2.04. The van der Waals surface area contributed by atoms with Crippen LogP contribution in [-0.4, -0.2) is 12.6 Å². The van der Waals surface area contributed by atoms with Crippen LogP contribution in [0.2, 0.25) is 5.02 Å². The molecule has 2 nitrogen and oxygen atoms in total. The minimum Gasteiger partial charge on any atom is -0.462 e. The molecule has 70 valence electrons. The molecule has 0 fully saturated rings. The SMILES string of the molecule is CCOC(=O)c1cc(Cl)ccc1S. The summed E-state index contributed by atoms with van der Waals surface area (Å²) >= 11 is 9.84. The smallest absolute Gasteiger partial charge is 0.339 e. The summed E-state index contributed by atoms with van der Waals surface area (Å²) in [7, 11) is 0. The molecule has 0 heterocycles. The Labute approximate surface area is 87.3 Å². The second-order valence-electron chi connectivity index (χ2n) is 2.38. The van der Waals surface area contributed by atoms with E-state index >= 15 is 0 Å². The molecule has 0 N–H and O–H groups in total. The lowest BCUT2D eigenvalue weighted by molar-refractivity contribution is 0.0522. The van der Waals surface area contributed by atoms with Crippen molar-refractivity contribution in [2.24, 2.45) is 0 Å². The van der Waals surface area contributed by atoms with Crippen LogP contribution in [0.5, 0.6) is 0 Å². The highest BCUT2D eigenvalue weighted by molar-refractivity contribution is 7.80. The van der Waals surface area contributed by atoms with E-state index < -0.39 is 5.97 Å². The quantitative estimate of drug-likeness (QED) is 0.608. The summed E-state index contributed by atoms with van der Waals surface area (Å²) in [6.45, 7) is 2.10. The van der Waals surface area contributed by atoms with Crippen LogP contribution in [0.4, 0.5) is 0 Å². The first-order chi connectivity index (χ1) is 6.15. The lowest BCUT2D eigenvalue weighted by atomic mass is 10.2. The van der Waals surface area contributed by atoms with Gasteiger partial charge in [-0.2, -0.15) is 0 Å². The Balaban J connectivity index is 2.99. The molecule has 0 aromatic heterocycles. The summed E-state index contributed by atoms with van der Waals surface area (Å²) in [5.74, 6) is -0.394. The molecule has 0 unspecified atom stereocenters. The predicted octanol–water partition coefficient (Wildman–Crippen LogP) is 2.81. The van der Waals surface area contributed by atoms with Crippen molar-refractivity contribution in [3.8, 4) is 0 Å². The van der Waals surface area contributed by atoms with Gasteiger partial charge in [0.2, 0.25) is 0 Å². The van der Waals surface area contributed by atoms with Crippen LogP contribution in [-0.2, 0) is 4.74 Å². The summed E-state index contributed by atoms with van der Waals surface area (Å²) in [5, 5.41) is 0.501. The fourth-order valence-electron chi connectivity index (χ4n) is 0.881. The van der Waals surface area contributed by atoms with Crippen molar-refractivity contribution in [1.82, 2.24) is 0 Å². The fourth-order valence-corrected chi connectivity index (χ4v) is 1.28. The van der Waals surface area contributed by atoms with Gasteiger partial charge in [-0.05, 0) is 25.1 Å². The molecule has 0 bridgehead atoms. The van der Waals surface area contributed by atoms with E-state index in [1.165, 1.54) is 0 Å². The number of halogens is 1. The van der Waals surface area contributed by atoms with E-state index in [1.807, 2.05) is 0 Å². The summed E-state index contributed by atoms with van der Waals surface area (Å²) in [6, 6.07) is 4.88. The van der Waals surface area contributed by atoms with E-state index in [0.29, 0.717) is 22.1 Å². The van der Waals surface area contributed by atoms with Gasteiger partial charge in [0.15, 0.2) is 0 Å². The van der Waals surface area contributed by atoms with Crippen molar-refractivity contribution in [3.63, 3.8) is 0 Å². The first-order valence-electron chi connectivity index (χ1n) is 3.80. The molecule has 0 aliphatic heterocycles. The monoisotopic (exact) mass is 216 g/mol. The van der Waals surface area contributed by atoms with Gasteiger partial charge in [-0.25, -0.2) is 4.79 Å². The molecule has 0 amide bonds. The average molecular weight is 217 g/mol. The van der Waals surface area contributed by atoms with Gasteiger partial charge in [0, 0.05) is 9.92 Å². The van der Waals surface area contributed by atoms with Gasteiger partial charge in [0.1, 0.15) is 0 Å². The van der Waals surface area contributed by atoms with Crippen molar-refractivity contribution in [1.29, 1.82) is 0 Å². The molecular weight excluding hydrogens is 208 g/mol. The van der Waals surface area contributed by atoms with Crippen molar-refractivity contribution in [2.75, 3.05) is 6.61 Å². The lowest BCUT2D eigenvalue weighted by Crippen LogP contribution is -2.05. The van der Waals surface area contributed by atoms with E-state index in [-0.39, 0.29) is 0 Å². The maximum absolute atomic E-state index is 11.3. The van der Waals surface area contributed by atoms with Crippen molar-refractivity contribution in [3.05, 3.63) is 28.8 Å². The number of thiol groups is 1. The highest BCUT2D eigenvalue weighted by Crippen LogP contribution is 2.19. The first kappa shape index (κ1) is 10.4. The highest BCUT2D eigenvalue weighted by atomic mass is 35.5. The summed E-state index contributed by atoms with van der Waals surface area (Å²) < 4.78 is 4.82. The zero-order valence-electron chi connectivity index (χ0n) is 7.08. The van der Waals surface area contributed by atoms with Gasteiger partial charge in [-0.1, -0.05) is 11.6 Å². The number of hydrogen-bond donors (Lipinski definition) is 1. The Kier molecular flexibility index (Phi) is 3.63. The topological polar surface area (TPSA) is 26.3 Å². The van der Waals surface area contributed by atoms with Gasteiger partial charge in [-0.3, -0.25) is 0 Å². The number of esters is 1. The zero-order chi connectivity index (χ0) is 9.84. The molecule has 1 rings (SSSR count). The number of hydrogen-bond acceptors (Lipinski definition) is 3. The number of rotatable bonds is 2. The average Bonchev–Trinajstić information content (AvgIpc) is 2.09. The number of carbonyl (C=O) groups excluding carboxylic acids is 1. The minimum absolute atomic E-state index is 0.346. The number of ether oxygens (including phenoxy) is 1. The maximum Gasteiger partial charge on any atom is 0.339 e. The van der Waals surface area contributed by atoms with Gasteiger partial charge in [0.25, 0.3) is 0 Å². The van der Waals surface area contributed by atoms with Gasteiger partial charge in [-0.15, -0.1) is 12.6 Å². The fraction of sp³-hybridized carbons (Fsp3) is 0.222. The Morgan fingerprint density at radius 1 is 1.62 bits per heavy atom. The molecule has 0 radical (unpaired) electrons. The third kappa shape index (κ3) is 2.64. The normalized spacial score (nSPS) is 9.77. The number of benzene rings is 1. The molecule has 13 heavy (non-hydrogen) atoms. The molecule has 0 aliphatic rings. The standard InChI is InChI=1S/C9H9ClO2S/c1-2-12-9(11)7-5-6(10)3-4-8(7)13/h3-5,13H,2H2,1H3. The molecule has 0 aliphatic carbocycles. The van der Waals surface area contributed by atoms with E-state index in [4.69, 9.17) is 16.3 Å². The summed E-state index contributed by atoms with van der Waals surface area (Å²) in [5.41, 5.74) is 0.401. The van der Waals surface area contributed by atoms with Crippen LogP contribution < -0.4 is 0 Å². The highest BCUT2D eigenvalue weighted by Gasteiger charge is 2.10. The van der Waals surface area contributed by atoms with Crippen LogP contribution >= 0.6 is 24.2 Å². The third-order valence-electron chi connectivity index (χ3n) is 1.45. The van der Waals surface area contributed by atoms with Crippen LogP contribution in [0, 0.1) is 0 Å². The van der Waals surface area contributed by atoms with Gasteiger partial charge in [0.05, 0.1) is 12.2 Å². The first-order valence-corrected chi connectivity index (χ1v) is 4.63. The van der Waals surface area contributed by atoms with Gasteiger partial charge >= 0.3 is 5.97 Å². The molecule has 0 spiro atoms. The van der Waals surface area contributed by atoms with E-state index in [1.54, 1.807) is 25.1 Å². The predicted molar refractivity (Wildman–Crippen MR) is 54.7 cm³/mol. The van der Waals surface area contributed by atoms with E-state index in [9.17, 15) is 4.79 Å². The molecule has 0 saturated heterocycles. The second-order valence-corrected chi connectivity index (χ2v) is 3.30. The molecule has 0 saturated carbocycles. The zero-order valence-corrected chi connectivity index (χ0v) is 8.73. The Bertz CT molecular complexity index is 325. The molecule has 1 aromatic carbocycles. The molecule has 4 heteroatoms. The third-order valence-corrected chi connectivity index (χ3v) is 2.08. The molecule has 0 atom stereocenters. The maximum atomic E-state index is 11.3. The van der Waals surface area contributed by atoms with Crippen LogP contribution in [0.25, 0.3) is 0 Å². The minimum atomic E-state index is -0.394. The summed E-state index contributed by atoms with van der Waals surface area (Å²) in [4.78, 5) is 11.9. The van der Waals surface area contributed by atoms with E-state index in [2.05, 4.69) is 12.6 Å². The largest absolute Gasteiger partial charge is 0.462 e. The summed E-state index contributed by atoms with van der Waals surface area (Å²) in [6.07, 6.45) is 0. The molecule has 1 aromatic rings. The van der Waals surface area contributed by atoms with Crippen LogP contribution in [0.3, 0.4) is 0 Å². The Morgan fingerprint density at radius 2 is 2.31 bits per heavy atom. The number of carbonyl (C=O) groups is 1. The van der Waals surface area contributed by atoms with Crippen molar-refractivity contribution < 1.29 is 9.53 Å². The Hall–Kier alpha value is -0.670.